The minimum absolute atomic E-state index is 0.0458. The van der Waals surface area contributed by atoms with Gasteiger partial charge >= 0.3 is 0 Å². The van der Waals surface area contributed by atoms with E-state index in [1.807, 2.05) is 24.4 Å². The molecule has 0 saturated carbocycles. The maximum Gasteiger partial charge on any atom is 0.274 e. The van der Waals surface area contributed by atoms with Crippen LogP contribution in [-0.2, 0) is 0 Å². The molecule has 4 nitrogen and oxygen atoms in total. The van der Waals surface area contributed by atoms with Gasteiger partial charge < -0.3 is 5.32 Å². The molecule has 100 valence electrons. The average molecular weight is 297 g/mol. The quantitative estimate of drug-likeness (QED) is 0.652. The molecule has 2 aromatic rings. The number of hydrogen-bond donors (Lipinski definition) is 1. The Balaban J connectivity index is 2.24. The summed E-state index contributed by atoms with van der Waals surface area (Å²) in [4.78, 5) is 10.5. The molecule has 1 heterocycles. The van der Waals surface area contributed by atoms with Gasteiger partial charge in [-0.2, -0.15) is 0 Å². The molecule has 0 bridgehead atoms. The van der Waals surface area contributed by atoms with Gasteiger partial charge in [0, 0.05) is 23.4 Å². The Bertz CT molecular complexity index is 612. The van der Waals surface area contributed by atoms with E-state index in [0.29, 0.717) is 5.56 Å². The maximum absolute atomic E-state index is 10.9. The van der Waals surface area contributed by atoms with Crippen LogP contribution in [0.4, 0.5) is 11.4 Å². The first-order valence-electron chi connectivity index (χ1n) is 5.73. The van der Waals surface area contributed by atoms with Crippen LogP contribution in [0.1, 0.15) is 24.1 Å². The van der Waals surface area contributed by atoms with Gasteiger partial charge in [0.1, 0.15) is 0 Å². The van der Waals surface area contributed by atoms with Gasteiger partial charge in [0.05, 0.1) is 9.26 Å². The summed E-state index contributed by atoms with van der Waals surface area (Å²) in [6, 6.07) is 6.97. The Morgan fingerprint density at radius 3 is 2.79 bits per heavy atom. The Morgan fingerprint density at radius 2 is 2.21 bits per heavy atom. The summed E-state index contributed by atoms with van der Waals surface area (Å²) in [7, 11) is 0. The largest absolute Gasteiger partial charge is 0.378 e. The second kappa shape index (κ2) is 5.59. The molecule has 6 heteroatoms. The highest BCUT2D eigenvalue weighted by Crippen LogP contribution is 2.30. The molecule has 0 spiro atoms. The van der Waals surface area contributed by atoms with E-state index in [9.17, 15) is 10.1 Å². The van der Waals surface area contributed by atoms with Crippen molar-refractivity contribution in [3.05, 3.63) is 55.2 Å². The third-order valence-corrected chi connectivity index (χ3v) is 4.07. The fourth-order valence-electron chi connectivity index (χ4n) is 1.84. The van der Waals surface area contributed by atoms with Gasteiger partial charge in [-0.3, -0.25) is 10.1 Å². The van der Waals surface area contributed by atoms with Crippen LogP contribution in [-0.4, -0.2) is 4.92 Å². The minimum atomic E-state index is -0.368. The van der Waals surface area contributed by atoms with Gasteiger partial charge in [-0.1, -0.05) is 17.7 Å². The van der Waals surface area contributed by atoms with Gasteiger partial charge in [0.15, 0.2) is 0 Å². The molecule has 1 unspecified atom stereocenters. The van der Waals surface area contributed by atoms with Crippen LogP contribution in [0, 0.1) is 17.0 Å². The number of nitrogens with zero attached hydrogens (tertiary/aromatic N) is 1. The third kappa shape index (κ3) is 3.05. The molecule has 1 aromatic carbocycles. The predicted octanol–water partition coefficient (Wildman–Crippen LogP) is 4.79. The molecule has 0 aliphatic rings. The van der Waals surface area contributed by atoms with Crippen molar-refractivity contribution in [3.8, 4) is 0 Å². The van der Waals surface area contributed by atoms with Crippen LogP contribution in [0.5, 0.6) is 0 Å². The highest BCUT2D eigenvalue weighted by molar-refractivity contribution is 7.14. The van der Waals surface area contributed by atoms with Gasteiger partial charge in [-0.05, 0) is 36.9 Å². The van der Waals surface area contributed by atoms with E-state index in [1.165, 1.54) is 17.4 Å². The molecule has 19 heavy (non-hydrogen) atoms. The van der Waals surface area contributed by atoms with Crippen molar-refractivity contribution in [2.45, 2.75) is 19.9 Å². The fraction of sp³-hybridized carbons (Fsp3) is 0.231. The molecule has 1 atom stereocenters. The number of anilines is 1. The van der Waals surface area contributed by atoms with E-state index < -0.39 is 0 Å². The Morgan fingerprint density at radius 1 is 1.47 bits per heavy atom. The first-order valence-corrected chi connectivity index (χ1v) is 6.99. The Labute approximate surface area is 120 Å². The lowest BCUT2D eigenvalue weighted by molar-refractivity contribution is -0.385. The molecule has 0 amide bonds. The number of benzene rings is 1. The predicted molar refractivity (Wildman–Crippen MR) is 79.2 cm³/mol. The monoisotopic (exact) mass is 296 g/mol. The summed E-state index contributed by atoms with van der Waals surface area (Å²) in [6.07, 6.45) is 0. The molecule has 1 N–H and O–H groups in total. The number of hydrogen-bond acceptors (Lipinski definition) is 4. The Kier molecular flexibility index (Phi) is 4.07. The molecule has 0 radical (unpaired) electrons. The maximum atomic E-state index is 10.9. The standard InChI is InChI=1S/C13H13ClN2O2S/c1-8-11(4-3-5-12(8)16(17)18)15-9(2)10-6-13(14)19-7-10/h3-7,9,15H,1-2H3. The van der Waals surface area contributed by atoms with E-state index in [0.717, 1.165) is 15.6 Å². The van der Waals surface area contributed by atoms with Gasteiger partial charge in [0.25, 0.3) is 5.69 Å². The van der Waals surface area contributed by atoms with Gasteiger partial charge in [0.2, 0.25) is 0 Å². The van der Waals surface area contributed by atoms with Crippen LogP contribution < -0.4 is 5.32 Å². The molecule has 1 aromatic heterocycles. The number of nitrogens with one attached hydrogen (secondary N) is 1. The number of thiophene rings is 1. The molecule has 0 fully saturated rings. The minimum Gasteiger partial charge on any atom is -0.378 e. The van der Waals surface area contributed by atoms with Crippen LogP contribution in [0.25, 0.3) is 0 Å². The molecule has 0 aliphatic carbocycles. The van der Waals surface area contributed by atoms with E-state index in [1.54, 1.807) is 13.0 Å². The van der Waals surface area contributed by atoms with Crippen molar-refractivity contribution in [1.29, 1.82) is 0 Å². The first kappa shape index (κ1) is 13.8. The van der Waals surface area contributed by atoms with Crippen LogP contribution in [0.3, 0.4) is 0 Å². The smallest absolute Gasteiger partial charge is 0.274 e. The summed E-state index contributed by atoms with van der Waals surface area (Å²) in [5.41, 5.74) is 2.60. The average Bonchev–Trinajstić information content (AvgIpc) is 2.78. The fourth-order valence-corrected chi connectivity index (χ4v) is 2.83. The van der Waals surface area contributed by atoms with Crippen LogP contribution in [0.15, 0.2) is 29.6 Å². The molecule has 0 saturated heterocycles. The number of halogens is 1. The third-order valence-electron chi connectivity index (χ3n) is 2.96. The van der Waals surface area contributed by atoms with Crippen molar-refractivity contribution >= 4 is 34.3 Å². The zero-order chi connectivity index (χ0) is 14.0. The molecular weight excluding hydrogens is 284 g/mol. The second-order valence-corrected chi connectivity index (χ2v) is 5.80. The van der Waals surface area contributed by atoms with Crippen molar-refractivity contribution in [3.63, 3.8) is 0 Å². The highest BCUT2D eigenvalue weighted by atomic mass is 35.5. The van der Waals surface area contributed by atoms with E-state index >= 15 is 0 Å². The molecular formula is C13H13ClN2O2S. The number of nitro groups is 1. The number of nitro benzene ring substituents is 1. The summed E-state index contributed by atoms with van der Waals surface area (Å²) in [5.74, 6) is 0. The normalized spacial score (nSPS) is 12.2. The highest BCUT2D eigenvalue weighted by Gasteiger charge is 2.15. The topological polar surface area (TPSA) is 55.2 Å². The van der Waals surface area contributed by atoms with Crippen LogP contribution >= 0.6 is 22.9 Å². The lowest BCUT2D eigenvalue weighted by atomic mass is 10.1. The zero-order valence-electron chi connectivity index (χ0n) is 10.5. The van der Waals surface area contributed by atoms with Crippen molar-refractivity contribution in [1.82, 2.24) is 0 Å². The van der Waals surface area contributed by atoms with E-state index in [-0.39, 0.29) is 16.7 Å². The summed E-state index contributed by atoms with van der Waals surface area (Å²) in [5, 5.41) is 16.2. The molecule has 0 aliphatic heterocycles. The second-order valence-electron chi connectivity index (χ2n) is 4.26. The molecule has 2 rings (SSSR count). The number of rotatable bonds is 4. The van der Waals surface area contributed by atoms with Gasteiger partial charge in [-0.25, -0.2) is 0 Å². The summed E-state index contributed by atoms with van der Waals surface area (Å²) in [6.45, 7) is 3.74. The zero-order valence-corrected chi connectivity index (χ0v) is 12.1. The van der Waals surface area contributed by atoms with Crippen molar-refractivity contribution in [2.24, 2.45) is 0 Å². The van der Waals surface area contributed by atoms with Crippen molar-refractivity contribution < 1.29 is 4.92 Å². The van der Waals surface area contributed by atoms with Crippen LogP contribution in [0.2, 0.25) is 4.34 Å². The first-order chi connectivity index (χ1) is 8.99. The lowest BCUT2D eigenvalue weighted by Crippen LogP contribution is -2.07. The summed E-state index contributed by atoms with van der Waals surface area (Å²) >= 11 is 7.38. The van der Waals surface area contributed by atoms with E-state index in [2.05, 4.69) is 5.32 Å². The van der Waals surface area contributed by atoms with E-state index in [4.69, 9.17) is 11.6 Å². The summed E-state index contributed by atoms with van der Waals surface area (Å²) < 4.78 is 0.736. The SMILES string of the molecule is Cc1c(NC(C)c2csc(Cl)c2)cccc1[N+](=O)[O-]. The Hall–Kier alpha value is -1.59. The van der Waals surface area contributed by atoms with Gasteiger partial charge in [-0.15, -0.1) is 11.3 Å². The lowest BCUT2D eigenvalue weighted by Gasteiger charge is -2.15. The van der Waals surface area contributed by atoms with Crippen molar-refractivity contribution in [2.75, 3.05) is 5.32 Å².